The molecule has 4 rings (SSSR count). The zero-order valence-corrected chi connectivity index (χ0v) is 16.8. The molecule has 9 heteroatoms. The van der Waals surface area contributed by atoms with Gasteiger partial charge in [-0.25, -0.2) is 9.18 Å². The van der Waals surface area contributed by atoms with E-state index in [4.69, 9.17) is 9.47 Å². The second-order valence-electron chi connectivity index (χ2n) is 6.76. The summed E-state index contributed by atoms with van der Waals surface area (Å²) in [5.74, 6) is -1.68. The Hall–Kier alpha value is -2.78. The van der Waals surface area contributed by atoms with Crippen molar-refractivity contribution in [1.82, 2.24) is 10.2 Å². The van der Waals surface area contributed by atoms with E-state index in [1.54, 1.807) is 12.1 Å². The van der Waals surface area contributed by atoms with E-state index in [-0.39, 0.29) is 42.3 Å². The number of ketones is 2. The second kappa shape index (κ2) is 7.57. The summed E-state index contributed by atoms with van der Waals surface area (Å²) in [6, 6.07) is 4.40. The fourth-order valence-corrected chi connectivity index (χ4v) is 4.23. The Labute approximate surface area is 174 Å². The Morgan fingerprint density at radius 3 is 2.72 bits per heavy atom. The van der Waals surface area contributed by atoms with E-state index in [2.05, 4.69) is 27.8 Å². The first-order valence-corrected chi connectivity index (χ1v) is 9.58. The molecule has 3 aliphatic rings. The standard InChI is InChI=1S/C20H16BrFN2O5/c1-2-29-20(27)24-6-13-18(15(25)7-24)17(10-3-4-12(22)11(21)5-10)19-14(23-13)8-28-9-16(19)26/h2-5,17,23H,1,6-9H2. The van der Waals surface area contributed by atoms with Gasteiger partial charge in [0.05, 0.1) is 30.4 Å². The van der Waals surface area contributed by atoms with Gasteiger partial charge in [-0.3, -0.25) is 14.5 Å². The number of Topliss-reactive ketones (excluding diaryl/α,β-unsaturated/α-hetero) is 2. The molecule has 29 heavy (non-hydrogen) atoms. The van der Waals surface area contributed by atoms with Crippen LogP contribution in [0, 0.1) is 5.82 Å². The number of hydrogen-bond donors (Lipinski definition) is 1. The molecule has 0 saturated heterocycles. The van der Waals surface area contributed by atoms with Gasteiger partial charge in [-0.1, -0.05) is 12.6 Å². The van der Waals surface area contributed by atoms with Crippen molar-refractivity contribution in [3.63, 3.8) is 0 Å². The van der Waals surface area contributed by atoms with E-state index in [0.717, 1.165) is 6.26 Å². The van der Waals surface area contributed by atoms with Gasteiger partial charge in [0.2, 0.25) is 0 Å². The number of dihydropyridines is 1. The van der Waals surface area contributed by atoms with E-state index >= 15 is 0 Å². The third kappa shape index (κ3) is 3.40. The van der Waals surface area contributed by atoms with E-state index < -0.39 is 17.8 Å². The predicted octanol–water partition coefficient (Wildman–Crippen LogP) is 2.55. The number of carbonyl (C=O) groups is 3. The maximum atomic E-state index is 13.8. The molecule has 0 spiro atoms. The molecule has 0 radical (unpaired) electrons. The summed E-state index contributed by atoms with van der Waals surface area (Å²) >= 11 is 3.17. The second-order valence-corrected chi connectivity index (χ2v) is 7.62. The fraction of sp³-hybridized carbons (Fsp3) is 0.250. The predicted molar refractivity (Wildman–Crippen MR) is 103 cm³/mol. The van der Waals surface area contributed by atoms with Crippen molar-refractivity contribution in [3.8, 4) is 0 Å². The first-order chi connectivity index (χ1) is 13.9. The number of benzene rings is 1. The number of nitrogens with one attached hydrogen (secondary N) is 1. The summed E-state index contributed by atoms with van der Waals surface area (Å²) in [6.45, 7) is 3.33. The Balaban J connectivity index is 1.83. The maximum Gasteiger partial charge on any atom is 0.415 e. The van der Waals surface area contributed by atoms with Gasteiger partial charge in [0.25, 0.3) is 0 Å². The topological polar surface area (TPSA) is 84.9 Å². The monoisotopic (exact) mass is 462 g/mol. The number of halogens is 2. The van der Waals surface area contributed by atoms with E-state index in [0.29, 0.717) is 28.1 Å². The Bertz CT molecular complexity index is 1020. The van der Waals surface area contributed by atoms with Gasteiger partial charge >= 0.3 is 6.09 Å². The molecule has 1 N–H and O–H groups in total. The summed E-state index contributed by atoms with van der Waals surface area (Å²) in [5, 5.41) is 3.10. The van der Waals surface area contributed by atoms with Crippen molar-refractivity contribution < 1.29 is 28.2 Å². The Morgan fingerprint density at radius 2 is 2.00 bits per heavy atom. The van der Waals surface area contributed by atoms with Crippen LogP contribution in [0.3, 0.4) is 0 Å². The molecule has 3 aliphatic heterocycles. The number of carbonyl (C=O) groups excluding carboxylic acids is 3. The van der Waals surface area contributed by atoms with Crippen LogP contribution >= 0.6 is 15.9 Å². The van der Waals surface area contributed by atoms with Crippen LogP contribution in [-0.4, -0.2) is 48.9 Å². The lowest BCUT2D eigenvalue weighted by Crippen LogP contribution is -2.49. The lowest BCUT2D eigenvalue weighted by Gasteiger charge is -2.39. The molecule has 7 nitrogen and oxygen atoms in total. The third-order valence-corrected chi connectivity index (χ3v) is 5.62. The minimum atomic E-state index is -0.696. The number of amides is 1. The van der Waals surface area contributed by atoms with E-state index in [1.165, 1.54) is 11.0 Å². The molecule has 1 aromatic carbocycles. The molecule has 0 aromatic heterocycles. The van der Waals surface area contributed by atoms with Gasteiger partial charge < -0.3 is 14.8 Å². The SMILES string of the molecule is C=COC(=O)N1CC(=O)C2=C(C1)NC1=C(C(=O)COC1)C2c1ccc(F)c(Br)c1. The quantitative estimate of drug-likeness (QED) is 0.679. The smallest absolute Gasteiger partial charge is 0.415 e. The molecule has 1 aromatic rings. The highest BCUT2D eigenvalue weighted by Crippen LogP contribution is 2.42. The summed E-state index contributed by atoms with van der Waals surface area (Å²) in [6.07, 6.45) is 0.302. The van der Waals surface area contributed by atoms with Crippen LogP contribution in [0.1, 0.15) is 11.5 Å². The van der Waals surface area contributed by atoms with Crippen LogP contribution in [0.4, 0.5) is 9.18 Å². The van der Waals surface area contributed by atoms with Crippen LogP contribution < -0.4 is 5.32 Å². The first kappa shape index (κ1) is 19.5. The van der Waals surface area contributed by atoms with Crippen LogP contribution in [0.2, 0.25) is 0 Å². The number of rotatable bonds is 2. The van der Waals surface area contributed by atoms with Gasteiger partial charge in [0.15, 0.2) is 11.6 Å². The van der Waals surface area contributed by atoms with Gasteiger partial charge in [-0.2, -0.15) is 0 Å². The first-order valence-electron chi connectivity index (χ1n) is 8.79. The molecule has 1 unspecified atom stereocenters. The van der Waals surface area contributed by atoms with Crippen molar-refractivity contribution >= 4 is 33.6 Å². The minimum absolute atomic E-state index is 0.0893. The third-order valence-electron chi connectivity index (χ3n) is 5.01. The van der Waals surface area contributed by atoms with Crippen LogP contribution in [-0.2, 0) is 19.1 Å². The zero-order chi connectivity index (χ0) is 20.7. The molecule has 1 amide bonds. The molecular formula is C20H16BrFN2O5. The lowest BCUT2D eigenvalue weighted by molar-refractivity contribution is -0.121. The van der Waals surface area contributed by atoms with Crippen molar-refractivity contribution in [2.45, 2.75) is 5.92 Å². The van der Waals surface area contributed by atoms with Gasteiger partial charge in [-0.05, 0) is 33.6 Å². The Morgan fingerprint density at radius 1 is 1.24 bits per heavy atom. The van der Waals surface area contributed by atoms with Gasteiger partial charge in [-0.15, -0.1) is 0 Å². The molecule has 0 fully saturated rings. The molecule has 0 aliphatic carbocycles. The highest BCUT2D eigenvalue weighted by atomic mass is 79.9. The molecule has 1 atom stereocenters. The van der Waals surface area contributed by atoms with Gasteiger partial charge in [0, 0.05) is 28.5 Å². The number of hydrogen-bond acceptors (Lipinski definition) is 6. The summed E-state index contributed by atoms with van der Waals surface area (Å²) < 4.78 is 24.1. The fourth-order valence-electron chi connectivity index (χ4n) is 3.84. The summed E-state index contributed by atoms with van der Waals surface area (Å²) in [7, 11) is 0. The largest absolute Gasteiger partial charge is 0.419 e. The van der Waals surface area contributed by atoms with Crippen LogP contribution in [0.25, 0.3) is 0 Å². The van der Waals surface area contributed by atoms with E-state index in [9.17, 15) is 18.8 Å². The maximum absolute atomic E-state index is 13.8. The molecular weight excluding hydrogens is 447 g/mol. The number of ether oxygens (including phenoxy) is 2. The lowest BCUT2D eigenvalue weighted by atomic mass is 9.75. The molecule has 0 saturated carbocycles. The van der Waals surface area contributed by atoms with Crippen LogP contribution in [0.5, 0.6) is 0 Å². The molecule has 150 valence electrons. The van der Waals surface area contributed by atoms with Crippen molar-refractivity contribution in [2.24, 2.45) is 0 Å². The molecule has 0 bridgehead atoms. The normalized spacial score (nSPS) is 21.4. The van der Waals surface area contributed by atoms with Crippen molar-refractivity contribution in [1.29, 1.82) is 0 Å². The van der Waals surface area contributed by atoms with Crippen molar-refractivity contribution in [2.75, 3.05) is 26.3 Å². The van der Waals surface area contributed by atoms with E-state index in [1.807, 2.05) is 0 Å². The van der Waals surface area contributed by atoms with Gasteiger partial charge in [0.1, 0.15) is 12.4 Å². The average molecular weight is 463 g/mol. The van der Waals surface area contributed by atoms with Crippen LogP contribution in [0.15, 0.2) is 58.1 Å². The minimum Gasteiger partial charge on any atom is -0.419 e. The Kier molecular flexibility index (Phi) is 5.10. The van der Waals surface area contributed by atoms with Crippen molar-refractivity contribution in [3.05, 3.63) is 69.4 Å². The highest BCUT2D eigenvalue weighted by Gasteiger charge is 2.43. The number of nitrogens with zero attached hydrogens (tertiary/aromatic N) is 1. The highest BCUT2D eigenvalue weighted by molar-refractivity contribution is 9.10. The summed E-state index contributed by atoms with van der Waals surface area (Å²) in [5.41, 5.74) is 2.46. The molecule has 3 heterocycles. The summed E-state index contributed by atoms with van der Waals surface area (Å²) in [4.78, 5) is 39.0. The average Bonchev–Trinajstić information content (AvgIpc) is 2.69. The zero-order valence-electron chi connectivity index (χ0n) is 15.2.